The number of primary amides is 1. The Hall–Kier alpha value is -2.48. The summed E-state index contributed by atoms with van der Waals surface area (Å²) < 4.78 is 4.69. The average Bonchev–Trinajstić information content (AvgIpc) is 2.79. The predicted octanol–water partition coefficient (Wildman–Crippen LogP) is 2.72. The molecule has 0 atom stereocenters. The number of hydrogen-bond acceptors (Lipinski definition) is 6. The van der Waals surface area contributed by atoms with Gasteiger partial charge in [0.2, 0.25) is 5.88 Å². The normalized spacial score (nSPS) is 10.4. The molecule has 110 valence electrons. The number of nitro groups is 1. The van der Waals surface area contributed by atoms with Crippen LogP contribution in [0.3, 0.4) is 0 Å². The second kappa shape index (κ2) is 5.88. The molecule has 0 saturated heterocycles. The Morgan fingerprint density at radius 2 is 2.14 bits per heavy atom. The third-order valence-electron chi connectivity index (χ3n) is 2.93. The van der Waals surface area contributed by atoms with Crippen LogP contribution in [0.4, 0.5) is 10.5 Å². The second-order valence-electron chi connectivity index (χ2n) is 4.50. The van der Waals surface area contributed by atoms with Crippen molar-refractivity contribution in [2.24, 2.45) is 5.73 Å². The number of aromatic nitrogens is 1. The van der Waals surface area contributed by atoms with Gasteiger partial charge < -0.3 is 10.5 Å². The van der Waals surface area contributed by atoms with Gasteiger partial charge in [0.1, 0.15) is 5.01 Å². The van der Waals surface area contributed by atoms with E-state index in [4.69, 9.17) is 5.73 Å². The van der Waals surface area contributed by atoms with Crippen LogP contribution >= 0.6 is 11.3 Å². The molecule has 1 aromatic heterocycles. The molecule has 21 heavy (non-hydrogen) atoms. The molecule has 0 aliphatic carbocycles. The van der Waals surface area contributed by atoms with Gasteiger partial charge in [-0.15, -0.1) is 11.3 Å². The number of nitrogens with zero attached hydrogens (tertiary/aromatic N) is 2. The highest BCUT2D eigenvalue weighted by Crippen LogP contribution is 2.26. The van der Waals surface area contributed by atoms with Crippen LogP contribution in [0.15, 0.2) is 17.5 Å². The Morgan fingerprint density at radius 3 is 2.76 bits per heavy atom. The molecule has 0 fully saturated rings. The van der Waals surface area contributed by atoms with Crippen LogP contribution in [0.5, 0.6) is 5.88 Å². The molecule has 1 heterocycles. The third kappa shape index (κ3) is 3.54. The maximum absolute atomic E-state index is 10.9. The Kier molecular flexibility index (Phi) is 4.18. The number of carbonyl (C=O) groups is 1. The molecule has 0 bridgehead atoms. The van der Waals surface area contributed by atoms with E-state index in [9.17, 15) is 14.9 Å². The molecule has 1 amide bonds. The van der Waals surface area contributed by atoms with Crippen molar-refractivity contribution in [1.29, 1.82) is 0 Å². The molecule has 0 unspecified atom stereocenters. The van der Waals surface area contributed by atoms with Crippen molar-refractivity contribution in [3.8, 4) is 5.88 Å². The fourth-order valence-corrected chi connectivity index (χ4v) is 2.66. The monoisotopic (exact) mass is 307 g/mol. The van der Waals surface area contributed by atoms with Crippen LogP contribution in [0.1, 0.15) is 21.7 Å². The van der Waals surface area contributed by atoms with Gasteiger partial charge in [0.15, 0.2) is 0 Å². The molecule has 2 N–H and O–H groups in total. The van der Waals surface area contributed by atoms with Gasteiger partial charge in [0.05, 0.1) is 10.3 Å². The summed E-state index contributed by atoms with van der Waals surface area (Å²) in [6.45, 7) is 3.51. The topological polar surface area (TPSA) is 108 Å². The lowest BCUT2D eigenvalue weighted by molar-refractivity contribution is -0.385. The van der Waals surface area contributed by atoms with Gasteiger partial charge in [0, 0.05) is 18.1 Å². The van der Waals surface area contributed by atoms with Crippen molar-refractivity contribution in [2.75, 3.05) is 0 Å². The Balaban J connectivity index is 2.23. The van der Waals surface area contributed by atoms with Gasteiger partial charge in [0.25, 0.3) is 5.69 Å². The van der Waals surface area contributed by atoms with Gasteiger partial charge in [-0.2, -0.15) is 0 Å². The summed E-state index contributed by atoms with van der Waals surface area (Å²) >= 11 is 1.33. The summed E-state index contributed by atoms with van der Waals surface area (Å²) in [5.41, 5.74) is 7.38. The lowest BCUT2D eigenvalue weighted by Gasteiger charge is -2.06. The third-order valence-corrected chi connectivity index (χ3v) is 3.76. The molecule has 0 aliphatic rings. The fourth-order valence-electron chi connectivity index (χ4n) is 1.94. The van der Waals surface area contributed by atoms with Crippen LogP contribution in [0.2, 0.25) is 0 Å². The van der Waals surface area contributed by atoms with Crippen molar-refractivity contribution in [3.05, 3.63) is 49.3 Å². The molecule has 0 aliphatic heterocycles. The van der Waals surface area contributed by atoms with Crippen LogP contribution < -0.4 is 10.5 Å². The Labute approximate surface area is 124 Å². The number of ether oxygens (including phenoxy) is 1. The zero-order valence-electron chi connectivity index (χ0n) is 11.5. The molecular weight excluding hydrogens is 294 g/mol. The molecule has 2 aromatic rings. The highest BCUT2D eigenvalue weighted by atomic mass is 32.1. The van der Waals surface area contributed by atoms with Gasteiger partial charge in [-0.3, -0.25) is 10.1 Å². The number of carbonyl (C=O) groups excluding carboxylic acids is 1. The maximum atomic E-state index is 10.9. The van der Waals surface area contributed by atoms with E-state index in [2.05, 4.69) is 9.72 Å². The number of amides is 1. The first-order valence-corrected chi connectivity index (χ1v) is 6.91. The number of nitrogens with two attached hydrogens (primary N) is 1. The smallest absolute Gasteiger partial charge is 0.390 e. The molecule has 0 saturated carbocycles. The van der Waals surface area contributed by atoms with Crippen molar-refractivity contribution in [1.82, 2.24) is 4.98 Å². The summed E-state index contributed by atoms with van der Waals surface area (Å²) in [5, 5.41) is 13.2. The van der Waals surface area contributed by atoms with Crippen molar-refractivity contribution in [3.63, 3.8) is 0 Å². The maximum Gasteiger partial charge on any atom is 0.411 e. The molecule has 7 nitrogen and oxygen atoms in total. The highest BCUT2D eigenvalue weighted by molar-refractivity contribution is 7.09. The van der Waals surface area contributed by atoms with E-state index in [0.29, 0.717) is 12.0 Å². The van der Waals surface area contributed by atoms with Crippen LogP contribution in [-0.4, -0.2) is 16.0 Å². The van der Waals surface area contributed by atoms with E-state index >= 15 is 0 Å². The lowest BCUT2D eigenvalue weighted by atomic mass is 10.0. The molecule has 0 spiro atoms. The molecule has 1 aromatic carbocycles. The van der Waals surface area contributed by atoms with Crippen LogP contribution in [0, 0.1) is 24.0 Å². The summed E-state index contributed by atoms with van der Waals surface area (Å²) in [7, 11) is 0. The van der Waals surface area contributed by atoms with Crippen LogP contribution in [0.25, 0.3) is 0 Å². The largest absolute Gasteiger partial charge is 0.411 e. The van der Waals surface area contributed by atoms with Gasteiger partial charge in [-0.25, -0.2) is 9.78 Å². The first kappa shape index (κ1) is 14.9. The SMILES string of the molecule is Cc1cc([N+](=O)[O-])c(C)cc1Cc1nc(OC(N)=O)cs1. The zero-order chi connectivity index (χ0) is 15.6. The number of benzene rings is 1. The summed E-state index contributed by atoms with van der Waals surface area (Å²) in [6, 6.07) is 3.34. The van der Waals surface area contributed by atoms with Crippen molar-refractivity contribution in [2.45, 2.75) is 20.3 Å². The minimum absolute atomic E-state index is 0.105. The summed E-state index contributed by atoms with van der Waals surface area (Å²) in [5.74, 6) is 0.166. The number of nitro benzene ring substituents is 1. The van der Waals surface area contributed by atoms with Crippen LogP contribution in [-0.2, 0) is 6.42 Å². The highest BCUT2D eigenvalue weighted by Gasteiger charge is 2.14. The van der Waals surface area contributed by atoms with Gasteiger partial charge in [-0.05, 0) is 31.0 Å². The van der Waals surface area contributed by atoms with Gasteiger partial charge >= 0.3 is 6.09 Å². The number of rotatable bonds is 4. The Bertz CT molecular complexity index is 711. The van der Waals surface area contributed by atoms with E-state index in [1.807, 2.05) is 6.92 Å². The van der Waals surface area contributed by atoms with Crippen molar-refractivity contribution < 1.29 is 14.5 Å². The molecular formula is C13H13N3O4S. The van der Waals surface area contributed by atoms with E-state index in [1.165, 1.54) is 11.3 Å². The van der Waals surface area contributed by atoms with E-state index < -0.39 is 11.0 Å². The predicted molar refractivity (Wildman–Crippen MR) is 77.7 cm³/mol. The number of thiazole rings is 1. The van der Waals surface area contributed by atoms with E-state index in [1.54, 1.807) is 24.4 Å². The molecule has 8 heteroatoms. The lowest BCUT2D eigenvalue weighted by Crippen LogP contribution is -2.16. The minimum Gasteiger partial charge on any atom is -0.390 e. The first-order chi connectivity index (χ1) is 9.86. The minimum atomic E-state index is -0.908. The quantitative estimate of drug-likeness (QED) is 0.690. The first-order valence-electron chi connectivity index (χ1n) is 6.03. The van der Waals surface area contributed by atoms with Crippen molar-refractivity contribution >= 4 is 23.1 Å². The van der Waals surface area contributed by atoms with E-state index in [-0.39, 0.29) is 11.6 Å². The summed E-state index contributed by atoms with van der Waals surface area (Å²) in [4.78, 5) is 25.3. The molecule has 2 rings (SSSR count). The average molecular weight is 307 g/mol. The fraction of sp³-hybridized carbons (Fsp3) is 0.231. The Morgan fingerprint density at radius 1 is 1.43 bits per heavy atom. The standard InChI is InChI=1S/C13H13N3O4S/c1-7-4-10(16(18)19)8(2)3-9(7)5-12-15-11(6-21-12)20-13(14)17/h3-4,6H,5H2,1-2H3,(H2,14,17). The second-order valence-corrected chi connectivity index (χ2v) is 5.44. The zero-order valence-corrected chi connectivity index (χ0v) is 12.3. The summed E-state index contributed by atoms with van der Waals surface area (Å²) in [6.07, 6.45) is -0.397. The molecule has 0 radical (unpaired) electrons. The number of aryl methyl sites for hydroxylation is 2. The van der Waals surface area contributed by atoms with E-state index in [0.717, 1.165) is 16.1 Å². The van der Waals surface area contributed by atoms with Gasteiger partial charge in [-0.1, -0.05) is 0 Å². The number of hydrogen-bond donors (Lipinski definition) is 1.